The maximum atomic E-state index is 12.2. The Bertz CT molecular complexity index is 476. The first kappa shape index (κ1) is 16.2. The highest BCUT2D eigenvalue weighted by Crippen LogP contribution is 2.12. The minimum atomic E-state index is 0.119. The summed E-state index contributed by atoms with van der Waals surface area (Å²) in [6.45, 7) is 7.05. The Morgan fingerprint density at radius 1 is 1.19 bits per heavy atom. The first-order valence-corrected chi connectivity index (χ1v) is 8.43. The number of nitrogens with zero attached hydrogens (tertiary/aromatic N) is 2. The zero-order valence-corrected chi connectivity index (χ0v) is 14.2. The van der Waals surface area contributed by atoms with Gasteiger partial charge in [-0.05, 0) is 36.7 Å². The zero-order chi connectivity index (χ0) is 15.1. The van der Waals surface area contributed by atoms with Crippen molar-refractivity contribution in [3.05, 3.63) is 40.4 Å². The summed E-state index contributed by atoms with van der Waals surface area (Å²) in [5.74, 6) is 0.119. The third-order valence-electron chi connectivity index (χ3n) is 3.80. The molecule has 1 aliphatic rings. The maximum Gasteiger partial charge on any atom is 0.246 e. The second-order valence-corrected chi connectivity index (χ2v) is 6.32. The van der Waals surface area contributed by atoms with Gasteiger partial charge in [0.25, 0.3) is 0 Å². The van der Waals surface area contributed by atoms with Crippen LogP contribution in [0.25, 0.3) is 6.08 Å². The fraction of sp³-hybridized carbons (Fsp3) is 0.471. The van der Waals surface area contributed by atoms with Gasteiger partial charge in [-0.2, -0.15) is 0 Å². The topological polar surface area (TPSA) is 23.6 Å². The molecule has 1 fully saturated rings. The molecule has 0 atom stereocenters. The summed E-state index contributed by atoms with van der Waals surface area (Å²) in [6.07, 6.45) is 6.05. The number of halogens is 1. The van der Waals surface area contributed by atoms with E-state index < -0.39 is 0 Å². The van der Waals surface area contributed by atoms with E-state index in [0.717, 1.165) is 42.8 Å². The predicted molar refractivity (Wildman–Crippen MR) is 91.1 cm³/mol. The molecule has 2 rings (SSSR count). The van der Waals surface area contributed by atoms with Gasteiger partial charge < -0.3 is 4.90 Å². The lowest BCUT2D eigenvalue weighted by molar-refractivity contribution is -0.127. The number of piperazine rings is 1. The molecule has 1 aromatic rings. The van der Waals surface area contributed by atoms with Crippen LogP contribution in [0, 0.1) is 0 Å². The van der Waals surface area contributed by atoms with Gasteiger partial charge in [0.2, 0.25) is 5.91 Å². The van der Waals surface area contributed by atoms with Crippen LogP contribution in [0.3, 0.4) is 0 Å². The average Bonchev–Trinajstić information content (AvgIpc) is 2.52. The van der Waals surface area contributed by atoms with Crippen molar-refractivity contribution >= 4 is 27.9 Å². The number of unbranched alkanes of at least 4 members (excludes halogenated alkanes) is 1. The largest absolute Gasteiger partial charge is 0.337 e. The summed E-state index contributed by atoms with van der Waals surface area (Å²) in [4.78, 5) is 16.6. The minimum Gasteiger partial charge on any atom is -0.337 e. The van der Waals surface area contributed by atoms with Crippen molar-refractivity contribution in [3.63, 3.8) is 0 Å². The quantitative estimate of drug-likeness (QED) is 0.759. The zero-order valence-electron chi connectivity index (χ0n) is 12.6. The molecule has 1 amide bonds. The minimum absolute atomic E-state index is 0.119. The van der Waals surface area contributed by atoms with Crippen LogP contribution < -0.4 is 0 Å². The summed E-state index contributed by atoms with van der Waals surface area (Å²) < 4.78 is 1.05. The molecular weight excluding hydrogens is 328 g/mol. The molecule has 0 bridgehead atoms. The lowest BCUT2D eigenvalue weighted by Crippen LogP contribution is -2.48. The van der Waals surface area contributed by atoms with Gasteiger partial charge >= 0.3 is 0 Å². The Balaban J connectivity index is 1.80. The highest BCUT2D eigenvalue weighted by Gasteiger charge is 2.18. The highest BCUT2D eigenvalue weighted by atomic mass is 79.9. The SMILES string of the molecule is CCCCN1CCN(C(=O)/C=C/c2ccc(Br)cc2)CC1. The van der Waals surface area contributed by atoms with E-state index in [0.29, 0.717) is 0 Å². The van der Waals surface area contributed by atoms with Gasteiger partial charge in [-0.1, -0.05) is 41.4 Å². The van der Waals surface area contributed by atoms with Crippen LogP contribution >= 0.6 is 15.9 Å². The first-order valence-electron chi connectivity index (χ1n) is 7.64. The molecule has 0 N–H and O–H groups in total. The number of hydrogen-bond donors (Lipinski definition) is 0. The molecule has 0 aromatic heterocycles. The Morgan fingerprint density at radius 3 is 2.48 bits per heavy atom. The molecule has 21 heavy (non-hydrogen) atoms. The first-order chi connectivity index (χ1) is 10.2. The molecule has 1 heterocycles. The third kappa shape index (κ3) is 5.29. The monoisotopic (exact) mass is 350 g/mol. The summed E-state index contributed by atoms with van der Waals surface area (Å²) >= 11 is 3.41. The maximum absolute atomic E-state index is 12.2. The normalized spacial score (nSPS) is 16.6. The molecule has 1 saturated heterocycles. The third-order valence-corrected chi connectivity index (χ3v) is 4.33. The van der Waals surface area contributed by atoms with E-state index >= 15 is 0 Å². The van der Waals surface area contributed by atoms with E-state index in [9.17, 15) is 4.79 Å². The van der Waals surface area contributed by atoms with Gasteiger partial charge in [0.05, 0.1) is 0 Å². The molecule has 3 nitrogen and oxygen atoms in total. The van der Waals surface area contributed by atoms with Crippen LogP contribution in [-0.2, 0) is 4.79 Å². The lowest BCUT2D eigenvalue weighted by atomic mass is 10.2. The standard InChI is InChI=1S/C17H23BrN2O/c1-2-3-10-19-11-13-20(14-12-19)17(21)9-6-15-4-7-16(18)8-5-15/h4-9H,2-3,10-14H2,1H3/b9-6+. The number of hydrogen-bond acceptors (Lipinski definition) is 2. The van der Waals surface area contributed by atoms with Gasteiger partial charge in [-0.15, -0.1) is 0 Å². The average molecular weight is 351 g/mol. The van der Waals surface area contributed by atoms with Crippen LogP contribution in [0.4, 0.5) is 0 Å². The predicted octanol–water partition coefficient (Wildman–Crippen LogP) is 3.41. The van der Waals surface area contributed by atoms with E-state index in [1.807, 2.05) is 35.2 Å². The van der Waals surface area contributed by atoms with Crippen LogP contribution in [-0.4, -0.2) is 48.4 Å². The lowest BCUT2D eigenvalue weighted by Gasteiger charge is -2.34. The summed E-state index contributed by atoms with van der Waals surface area (Å²) in [6, 6.07) is 7.96. The smallest absolute Gasteiger partial charge is 0.246 e. The van der Waals surface area contributed by atoms with Gasteiger partial charge in [-0.3, -0.25) is 9.69 Å². The number of amides is 1. The van der Waals surface area contributed by atoms with Crippen molar-refractivity contribution in [2.45, 2.75) is 19.8 Å². The molecule has 1 aliphatic heterocycles. The summed E-state index contributed by atoms with van der Waals surface area (Å²) in [7, 11) is 0. The summed E-state index contributed by atoms with van der Waals surface area (Å²) in [5, 5.41) is 0. The van der Waals surface area contributed by atoms with Crippen molar-refractivity contribution in [2.24, 2.45) is 0 Å². The molecule has 1 aromatic carbocycles. The van der Waals surface area contributed by atoms with Crippen LogP contribution in [0.15, 0.2) is 34.8 Å². The summed E-state index contributed by atoms with van der Waals surface area (Å²) in [5.41, 5.74) is 1.05. The van der Waals surface area contributed by atoms with Crippen molar-refractivity contribution in [2.75, 3.05) is 32.7 Å². The van der Waals surface area contributed by atoms with E-state index in [2.05, 4.69) is 27.8 Å². The molecule has 4 heteroatoms. The molecular formula is C17H23BrN2O. The van der Waals surface area contributed by atoms with Gasteiger partial charge in [0.15, 0.2) is 0 Å². The Kier molecular flexibility index (Phi) is 6.46. The molecule has 0 aliphatic carbocycles. The second-order valence-electron chi connectivity index (χ2n) is 5.41. The number of benzene rings is 1. The van der Waals surface area contributed by atoms with E-state index in [-0.39, 0.29) is 5.91 Å². The number of carbonyl (C=O) groups excluding carboxylic acids is 1. The van der Waals surface area contributed by atoms with Crippen molar-refractivity contribution in [1.29, 1.82) is 0 Å². The molecule has 114 valence electrons. The molecule has 0 saturated carbocycles. The molecule has 0 unspecified atom stereocenters. The van der Waals surface area contributed by atoms with Gasteiger partial charge in [0, 0.05) is 36.7 Å². The van der Waals surface area contributed by atoms with Gasteiger partial charge in [0.1, 0.15) is 0 Å². The fourth-order valence-electron chi connectivity index (χ4n) is 2.42. The van der Waals surface area contributed by atoms with Crippen molar-refractivity contribution < 1.29 is 4.79 Å². The van der Waals surface area contributed by atoms with Crippen LogP contribution in [0.1, 0.15) is 25.3 Å². The van der Waals surface area contributed by atoms with E-state index in [4.69, 9.17) is 0 Å². The Morgan fingerprint density at radius 2 is 1.86 bits per heavy atom. The fourth-order valence-corrected chi connectivity index (χ4v) is 2.68. The Labute approximate surface area is 135 Å². The molecule has 0 radical (unpaired) electrons. The second kappa shape index (κ2) is 8.35. The van der Waals surface area contributed by atoms with Crippen molar-refractivity contribution in [1.82, 2.24) is 9.80 Å². The van der Waals surface area contributed by atoms with Crippen LogP contribution in [0.5, 0.6) is 0 Å². The number of carbonyl (C=O) groups is 1. The van der Waals surface area contributed by atoms with E-state index in [1.54, 1.807) is 6.08 Å². The van der Waals surface area contributed by atoms with Crippen LogP contribution in [0.2, 0.25) is 0 Å². The van der Waals surface area contributed by atoms with E-state index in [1.165, 1.54) is 12.8 Å². The number of rotatable bonds is 5. The van der Waals surface area contributed by atoms with Gasteiger partial charge in [-0.25, -0.2) is 0 Å². The van der Waals surface area contributed by atoms with Crippen molar-refractivity contribution in [3.8, 4) is 0 Å². The Hall–Kier alpha value is -1.13. The highest BCUT2D eigenvalue weighted by molar-refractivity contribution is 9.10. The molecule has 0 spiro atoms.